The second-order valence-electron chi connectivity index (χ2n) is 7.02. The van der Waals surface area contributed by atoms with Crippen molar-refractivity contribution in [2.75, 3.05) is 12.8 Å². The SMILES string of the molecule is CNC(=O)c1nc(-c2cccc(CNC3Cc4ccccc4C3)c2)cnc1N. The average Bonchev–Trinajstić information content (AvgIpc) is 3.15. The Morgan fingerprint density at radius 3 is 2.61 bits per heavy atom. The number of rotatable bonds is 5. The molecule has 0 bridgehead atoms. The van der Waals surface area contributed by atoms with Crippen LogP contribution in [0.25, 0.3) is 11.3 Å². The van der Waals surface area contributed by atoms with E-state index in [1.807, 2.05) is 12.1 Å². The van der Waals surface area contributed by atoms with Gasteiger partial charge in [-0.3, -0.25) is 4.79 Å². The molecule has 0 atom stereocenters. The van der Waals surface area contributed by atoms with Gasteiger partial charge in [0.25, 0.3) is 5.91 Å². The number of nitrogens with one attached hydrogen (secondary N) is 2. The fourth-order valence-electron chi connectivity index (χ4n) is 3.63. The second-order valence-corrected chi connectivity index (χ2v) is 7.02. The summed E-state index contributed by atoms with van der Waals surface area (Å²) in [4.78, 5) is 20.4. The van der Waals surface area contributed by atoms with Gasteiger partial charge in [-0.25, -0.2) is 9.97 Å². The van der Waals surface area contributed by atoms with Gasteiger partial charge < -0.3 is 16.4 Å². The summed E-state index contributed by atoms with van der Waals surface area (Å²) in [6.07, 6.45) is 3.73. The number of nitrogens with zero attached hydrogens (tertiary/aromatic N) is 2. The van der Waals surface area contributed by atoms with Gasteiger partial charge >= 0.3 is 0 Å². The van der Waals surface area contributed by atoms with Crippen molar-refractivity contribution in [1.82, 2.24) is 20.6 Å². The molecule has 0 radical (unpaired) electrons. The molecule has 0 aliphatic heterocycles. The van der Waals surface area contributed by atoms with E-state index in [1.54, 1.807) is 13.2 Å². The number of amides is 1. The van der Waals surface area contributed by atoms with E-state index in [1.165, 1.54) is 11.1 Å². The quantitative estimate of drug-likeness (QED) is 0.638. The molecule has 0 saturated carbocycles. The molecule has 4 rings (SSSR count). The van der Waals surface area contributed by atoms with E-state index in [9.17, 15) is 4.79 Å². The average molecular weight is 373 g/mol. The van der Waals surface area contributed by atoms with Crippen molar-refractivity contribution in [3.63, 3.8) is 0 Å². The molecular weight excluding hydrogens is 350 g/mol. The molecule has 4 N–H and O–H groups in total. The highest BCUT2D eigenvalue weighted by Gasteiger charge is 2.20. The third-order valence-corrected chi connectivity index (χ3v) is 5.11. The summed E-state index contributed by atoms with van der Waals surface area (Å²) in [6.45, 7) is 0.775. The van der Waals surface area contributed by atoms with E-state index < -0.39 is 0 Å². The van der Waals surface area contributed by atoms with Crippen LogP contribution in [0.15, 0.2) is 54.7 Å². The van der Waals surface area contributed by atoms with E-state index in [4.69, 9.17) is 5.73 Å². The molecule has 1 amide bonds. The lowest BCUT2D eigenvalue weighted by Gasteiger charge is -2.13. The molecule has 0 saturated heterocycles. The fourth-order valence-corrected chi connectivity index (χ4v) is 3.63. The van der Waals surface area contributed by atoms with Gasteiger partial charge in [0, 0.05) is 25.2 Å². The summed E-state index contributed by atoms with van der Waals surface area (Å²) in [6, 6.07) is 17.2. The molecular formula is C22H23N5O. The van der Waals surface area contributed by atoms with Crippen LogP contribution in [0, 0.1) is 0 Å². The van der Waals surface area contributed by atoms with Crippen molar-refractivity contribution < 1.29 is 4.79 Å². The fraction of sp³-hybridized carbons (Fsp3) is 0.227. The van der Waals surface area contributed by atoms with Gasteiger partial charge in [-0.2, -0.15) is 0 Å². The van der Waals surface area contributed by atoms with Crippen LogP contribution >= 0.6 is 0 Å². The molecule has 1 aromatic heterocycles. The number of carbonyl (C=O) groups is 1. The van der Waals surface area contributed by atoms with Crippen molar-refractivity contribution >= 4 is 11.7 Å². The number of hydrogen-bond donors (Lipinski definition) is 3. The maximum atomic E-state index is 11.9. The van der Waals surface area contributed by atoms with Crippen LogP contribution in [0.4, 0.5) is 5.82 Å². The Bertz CT molecular complexity index is 992. The number of benzene rings is 2. The lowest BCUT2D eigenvalue weighted by Crippen LogP contribution is -2.28. The van der Waals surface area contributed by atoms with Crippen molar-refractivity contribution in [3.8, 4) is 11.3 Å². The molecule has 0 fully saturated rings. The standard InChI is InChI=1S/C22H23N5O/c1-24-22(28)20-21(23)26-13-19(27-20)17-8-4-5-14(9-17)12-25-18-10-15-6-2-3-7-16(15)11-18/h2-9,13,18,25H,10-12H2,1H3,(H2,23,26)(H,24,28). The smallest absolute Gasteiger partial charge is 0.273 e. The highest BCUT2D eigenvalue weighted by molar-refractivity contribution is 5.96. The number of fused-ring (bicyclic) bond motifs is 1. The highest BCUT2D eigenvalue weighted by Crippen LogP contribution is 2.23. The van der Waals surface area contributed by atoms with Gasteiger partial charge in [-0.05, 0) is 35.6 Å². The van der Waals surface area contributed by atoms with Crippen LogP contribution in [0.3, 0.4) is 0 Å². The van der Waals surface area contributed by atoms with Gasteiger partial charge in [0.1, 0.15) is 0 Å². The van der Waals surface area contributed by atoms with E-state index in [0.29, 0.717) is 11.7 Å². The Kier molecular flexibility index (Phi) is 5.04. The molecule has 1 aliphatic carbocycles. The van der Waals surface area contributed by atoms with Gasteiger partial charge in [-0.15, -0.1) is 0 Å². The third-order valence-electron chi connectivity index (χ3n) is 5.11. The van der Waals surface area contributed by atoms with Gasteiger partial charge in [0.05, 0.1) is 11.9 Å². The minimum Gasteiger partial charge on any atom is -0.382 e. The zero-order chi connectivity index (χ0) is 19.5. The minimum atomic E-state index is -0.342. The maximum Gasteiger partial charge on any atom is 0.273 e. The summed E-state index contributed by atoms with van der Waals surface area (Å²) in [5.41, 5.74) is 11.5. The number of anilines is 1. The number of nitrogen functional groups attached to an aromatic ring is 1. The molecule has 0 spiro atoms. The normalized spacial score (nSPS) is 13.3. The van der Waals surface area contributed by atoms with Gasteiger partial charge in [0.15, 0.2) is 11.5 Å². The van der Waals surface area contributed by atoms with Crippen molar-refractivity contribution in [3.05, 3.63) is 77.1 Å². The molecule has 6 heteroatoms. The third kappa shape index (κ3) is 3.73. The number of nitrogens with two attached hydrogens (primary N) is 1. The number of hydrogen-bond acceptors (Lipinski definition) is 5. The highest BCUT2D eigenvalue weighted by atomic mass is 16.1. The lowest BCUT2D eigenvalue weighted by molar-refractivity contribution is 0.0959. The van der Waals surface area contributed by atoms with E-state index in [2.05, 4.69) is 57.0 Å². The Morgan fingerprint density at radius 2 is 1.89 bits per heavy atom. The lowest BCUT2D eigenvalue weighted by atomic mass is 10.1. The van der Waals surface area contributed by atoms with Crippen LogP contribution < -0.4 is 16.4 Å². The molecule has 28 heavy (non-hydrogen) atoms. The molecule has 3 aromatic rings. The van der Waals surface area contributed by atoms with E-state index in [0.717, 1.165) is 30.5 Å². The number of aromatic nitrogens is 2. The second kappa shape index (κ2) is 7.78. The Hall–Kier alpha value is -3.25. The summed E-state index contributed by atoms with van der Waals surface area (Å²) in [5, 5.41) is 6.19. The Morgan fingerprint density at radius 1 is 1.14 bits per heavy atom. The molecule has 0 unspecified atom stereocenters. The molecule has 1 aliphatic rings. The van der Waals surface area contributed by atoms with Gasteiger partial charge in [-0.1, -0.05) is 42.5 Å². The summed E-state index contributed by atoms with van der Waals surface area (Å²) >= 11 is 0. The Labute approximate surface area is 164 Å². The summed E-state index contributed by atoms with van der Waals surface area (Å²) in [5.74, 6) is -0.216. The molecule has 2 aromatic carbocycles. The topological polar surface area (TPSA) is 92.9 Å². The summed E-state index contributed by atoms with van der Waals surface area (Å²) < 4.78 is 0. The monoisotopic (exact) mass is 373 g/mol. The predicted molar refractivity (Wildman–Crippen MR) is 110 cm³/mol. The Balaban J connectivity index is 1.47. The minimum absolute atomic E-state index is 0.127. The number of carbonyl (C=O) groups excluding carboxylic acids is 1. The van der Waals surface area contributed by atoms with E-state index >= 15 is 0 Å². The van der Waals surface area contributed by atoms with E-state index in [-0.39, 0.29) is 17.4 Å². The van der Waals surface area contributed by atoms with Crippen LogP contribution in [-0.2, 0) is 19.4 Å². The summed E-state index contributed by atoms with van der Waals surface area (Å²) in [7, 11) is 1.55. The zero-order valence-corrected chi connectivity index (χ0v) is 15.8. The van der Waals surface area contributed by atoms with Crippen LogP contribution in [0.5, 0.6) is 0 Å². The predicted octanol–water partition coefficient (Wildman–Crippen LogP) is 2.34. The molecule has 6 nitrogen and oxygen atoms in total. The first-order chi connectivity index (χ1) is 13.6. The van der Waals surface area contributed by atoms with Crippen molar-refractivity contribution in [2.45, 2.75) is 25.4 Å². The van der Waals surface area contributed by atoms with Crippen molar-refractivity contribution in [2.24, 2.45) is 0 Å². The molecule has 1 heterocycles. The zero-order valence-electron chi connectivity index (χ0n) is 15.8. The maximum absolute atomic E-state index is 11.9. The molecule has 142 valence electrons. The first-order valence-electron chi connectivity index (χ1n) is 9.38. The van der Waals surface area contributed by atoms with Crippen molar-refractivity contribution in [1.29, 1.82) is 0 Å². The largest absolute Gasteiger partial charge is 0.382 e. The van der Waals surface area contributed by atoms with Crippen LogP contribution in [0.2, 0.25) is 0 Å². The van der Waals surface area contributed by atoms with Gasteiger partial charge in [0.2, 0.25) is 0 Å². The first-order valence-corrected chi connectivity index (χ1v) is 9.38. The van der Waals surface area contributed by atoms with Crippen LogP contribution in [0.1, 0.15) is 27.2 Å². The first kappa shape index (κ1) is 18.1. The van der Waals surface area contributed by atoms with Crippen LogP contribution in [-0.4, -0.2) is 29.0 Å².